The van der Waals surface area contributed by atoms with E-state index in [9.17, 15) is 4.79 Å². The monoisotopic (exact) mass is 315 g/mol. The molecule has 0 aromatic carbocycles. The molecule has 4 rings (SSSR count). The molecular formula is C18H25N3O2. The van der Waals surface area contributed by atoms with E-state index >= 15 is 0 Å². The molecule has 5 nitrogen and oxygen atoms in total. The highest BCUT2D eigenvalue weighted by Crippen LogP contribution is 2.55. The molecule has 0 aromatic heterocycles. The van der Waals surface area contributed by atoms with Gasteiger partial charge in [-0.1, -0.05) is 20.8 Å². The molecular weight excluding hydrogens is 290 g/mol. The van der Waals surface area contributed by atoms with E-state index in [2.05, 4.69) is 36.3 Å². The van der Waals surface area contributed by atoms with Crippen LogP contribution in [0.2, 0.25) is 0 Å². The molecule has 0 aromatic rings. The number of hydrogen-bond acceptors (Lipinski definition) is 5. The SMILES string of the molecule is CC[C@H]1C[C@@]2(CCO1)C1=C(N=NC1)NC1=C2C(=O)CC(C)(C)C1. The summed E-state index contributed by atoms with van der Waals surface area (Å²) in [5.74, 6) is 1.20. The second-order valence-corrected chi connectivity index (χ2v) is 8.08. The van der Waals surface area contributed by atoms with Gasteiger partial charge in [0.15, 0.2) is 11.6 Å². The van der Waals surface area contributed by atoms with Gasteiger partial charge in [0.2, 0.25) is 0 Å². The van der Waals surface area contributed by atoms with Crippen molar-refractivity contribution in [1.29, 1.82) is 0 Å². The smallest absolute Gasteiger partial charge is 0.162 e. The Morgan fingerprint density at radius 2 is 2.17 bits per heavy atom. The van der Waals surface area contributed by atoms with Crippen molar-refractivity contribution in [3.63, 3.8) is 0 Å². The van der Waals surface area contributed by atoms with Crippen LogP contribution in [0.5, 0.6) is 0 Å². The highest BCUT2D eigenvalue weighted by molar-refractivity contribution is 6.00. The molecule has 124 valence electrons. The molecule has 0 bridgehead atoms. The maximum Gasteiger partial charge on any atom is 0.162 e. The normalized spacial score (nSPS) is 35.4. The van der Waals surface area contributed by atoms with Crippen molar-refractivity contribution < 1.29 is 9.53 Å². The second kappa shape index (κ2) is 5.00. The van der Waals surface area contributed by atoms with E-state index in [1.807, 2.05) is 0 Å². The average Bonchev–Trinajstić information content (AvgIpc) is 2.94. The van der Waals surface area contributed by atoms with E-state index in [1.54, 1.807) is 0 Å². The van der Waals surface area contributed by atoms with Crippen LogP contribution in [0.1, 0.15) is 52.9 Å². The molecule has 2 atom stereocenters. The molecule has 1 N–H and O–H groups in total. The first-order valence-electron chi connectivity index (χ1n) is 8.72. The molecule has 3 heterocycles. The van der Waals surface area contributed by atoms with E-state index < -0.39 is 0 Å². The Balaban J connectivity index is 1.84. The van der Waals surface area contributed by atoms with Crippen molar-refractivity contribution in [2.24, 2.45) is 21.1 Å². The topological polar surface area (TPSA) is 63.1 Å². The summed E-state index contributed by atoms with van der Waals surface area (Å²) in [4.78, 5) is 13.1. The van der Waals surface area contributed by atoms with Gasteiger partial charge in [-0.25, -0.2) is 0 Å². The number of allylic oxidation sites excluding steroid dienone is 2. The minimum Gasteiger partial charge on any atom is -0.378 e. The van der Waals surface area contributed by atoms with Crippen LogP contribution in [0.25, 0.3) is 0 Å². The predicted molar refractivity (Wildman–Crippen MR) is 86.6 cm³/mol. The lowest BCUT2D eigenvalue weighted by molar-refractivity contribution is -0.120. The molecule has 0 radical (unpaired) electrons. The third kappa shape index (κ3) is 2.20. The zero-order valence-electron chi connectivity index (χ0n) is 14.2. The van der Waals surface area contributed by atoms with Crippen molar-refractivity contribution in [3.05, 3.63) is 22.7 Å². The number of nitrogens with one attached hydrogen (secondary N) is 1. The zero-order valence-corrected chi connectivity index (χ0v) is 14.2. The number of fused-ring (bicyclic) bond motifs is 2. The van der Waals surface area contributed by atoms with Gasteiger partial charge in [-0.15, -0.1) is 5.11 Å². The Labute approximate surface area is 137 Å². The summed E-state index contributed by atoms with van der Waals surface area (Å²) in [6.45, 7) is 7.82. The number of rotatable bonds is 1. The van der Waals surface area contributed by atoms with Crippen LogP contribution >= 0.6 is 0 Å². The lowest BCUT2D eigenvalue weighted by atomic mass is 9.59. The van der Waals surface area contributed by atoms with Crippen LogP contribution < -0.4 is 5.32 Å². The molecule has 0 saturated carbocycles. The molecule has 0 amide bonds. The molecule has 5 heteroatoms. The number of ether oxygens (including phenoxy) is 1. The summed E-state index contributed by atoms with van der Waals surface area (Å²) < 4.78 is 5.92. The Bertz CT molecular complexity index is 659. The minimum atomic E-state index is -0.202. The summed E-state index contributed by atoms with van der Waals surface area (Å²) in [7, 11) is 0. The summed E-state index contributed by atoms with van der Waals surface area (Å²) >= 11 is 0. The average molecular weight is 315 g/mol. The van der Waals surface area contributed by atoms with Crippen LogP contribution in [0.15, 0.2) is 32.9 Å². The van der Waals surface area contributed by atoms with Gasteiger partial charge in [-0.3, -0.25) is 4.79 Å². The third-order valence-electron chi connectivity index (χ3n) is 5.80. The fourth-order valence-electron chi connectivity index (χ4n) is 4.78. The number of dihydropyridines is 1. The summed E-state index contributed by atoms with van der Waals surface area (Å²) in [6.07, 6.45) is 4.49. The summed E-state index contributed by atoms with van der Waals surface area (Å²) in [5.41, 5.74) is 3.12. The molecule has 3 aliphatic heterocycles. The van der Waals surface area contributed by atoms with Crippen molar-refractivity contribution in [3.8, 4) is 0 Å². The molecule has 4 aliphatic rings. The lowest BCUT2D eigenvalue weighted by Crippen LogP contribution is -2.48. The predicted octanol–water partition coefficient (Wildman–Crippen LogP) is 3.49. The second-order valence-electron chi connectivity index (χ2n) is 8.08. The Morgan fingerprint density at radius 3 is 2.96 bits per heavy atom. The van der Waals surface area contributed by atoms with Crippen molar-refractivity contribution >= 4 is 5.78 Å². The van der Waals surface area contributed by atoms with Crippen molar-refractivity contribution in [2.75, 3.05) is 13.2 Å². The van der Waals surface area contributed by atoms with Crippen LogP contribution in [-0.4, -0.2) is 25.0 Å². The molecule has 1 spiro atoms. The largest absolute Gasteiger partial charge is 0.378 e. The maximum atomic E-state index is 13.1. The fourth-order valence-corrected chi connectivity index (χ4v) is 4.78. The van der Waals surface area contributed by atoms with Gasteiger partial charge in [0.25, 0.3) is 0 Å². The highest BCUT2D eigenvalue weighted by Gasteiger charge is 2.53. The quantitative estimate of drug-likeness (QED) is 0.805. The molecule has 0 unspecified atom stereocenters. The summed E-state index contributed by atoms with van der Waals surface area (Å²) in [5, 5.41) is 12.0. The van der Waals surface area contributed by atoms with Gasteiger partial charge in [-0.05, 0) is 31.1 Å². The number of azo groups is 1. The number of nitrogens with zero attached hydrogens (tertiary/aromatic N) is 2. The number of Topliss-reactive ketones (excluding diaryl/α,β-unsaturated/α-hetero) is 1. The minimum absolute atomic E-state index is 0.00718. The van der Waals surface area contributed by atoms with Crippen LogP contribution in [0.4, 0.5) is 0 Å². The first-order valence-corrected chi connectivity index (χ1v) is 8.72. The Morgan fingerprint density at radius 1 is 1.35 bits per heavy atom. The van der Waals surface area contributed by atoms with Crippen LogP contribution in [0.3, 0.4) is 0 Å². The van der Waals surface area contributed by atoms with Crippen molar-refractivity contribution in [2.45, 2.75) is 59.0 Å². The van der Waals surface area contributed by atoms with Gasteiger partial charge in [0.05, 0.1) is 12.6 Å². The number of carbonyl (C=O) groups is 1. The first-order chi connectivity index (χ1) is 11.0. The third-order valence-corrected chi connectivity index (χ3v) is 5.80. The van der Waals surface area contributed by atoms with E-state index in [4.69, 9.17) is 4.74 Å². The Hall–Kier alpha value is -1.49. The Kier molecular flexibility index (Phi) is 3.28. The first kappa shape index (κ1) is 15.1. The molecule has 1 saturated heterocycles. The van der Waals surface area contributed by atoms with Gasteiger partial charge >= 0.3 is 0 Å². The van der Waals surface area contributed by atoms with Gasteiger partial charge < -0.3 is 10.1 Å². The van der Waals surface area contributed by atoms with E-state index in [0.29, 0.717) is 25.4 Å². The van der Waals surface area contributed by atoms with Gasteiger partial charge in [-0.2, -0.15) is 5.11 Å². The van der Waals surface area contributed by atoms with E-state index in [1.165, 1.54) is 5.57 Å². The van der Waals surface area contributed by atoms with E-state index in [0.717, 1.165) is 42.8 Å². The zero-order chi connectivity index (χ0) is 16.2. The summed E-state index contributed by atoms with van der Waals surface area (Å²) in [6, 6.07) is 0. The molecule has 1 fully saturated rings. The van der Waals surface area contributed by atoms with E-state index in [-0.39, 0.29) is 16.9 Å². The van der Waals surface area contributed by atoms with Crippen molar-refractivity contribution in [1.82, 2.24) is 5.32 Å². The standard InChI is InChI=1S/C18H25N3O2/c1-4-11-7-18(5-6-23-11)12-10-19-21-16(12)20-13-8-17(2,3)9-14(22)15(13)18/h11,20H,4-10H2,1-3H3/t11-,18-/m0/s1. The lowest BCUT2D eigenvalue weighted by Gasteiger charge is -2.48. The fraction of sp³-hybridized carbons (Fsp3) is 0.722. The van der Waals surface area contributed by atoms with Crippen LogP contribution in [-0.2, 0) is 9.53 Å². The highest BCUT2D eigenvalue weighted by atomic mass is 16.5. The maximum absolute atomic E-state index is 13.1. The van der Waals surface area contributed by atoms with Gasteiger partial charge in [0.1, 0.15) is 0 Å². The molecule has 23 heavy (non-hydrogen) atoms. The number of hydrogen-bond donors (Lipinski definition) is 1. The van der Waals surface area contributed by atoms with Crippen LogP contribution in [0, 0.1) is 10.8 Å². The number of carbonyl (C=O) groups excluding carboxylic acids is 1. The number of ketones is 1. The van der Waals surface area contributed by atoms with Gasteiger partial charge in [0, 0.05) is 35.3 Å². The molecule has 1 aliphatic carbocycles.